The molecular weight excluding hydrogens is 134 g/mol. The monoisotopic (exact) mass is 145 g/mol. The summed E-state index contributed by atoms with van der Waals surface area (Å²) in [5.41, 5.74) is 5.54. The van der Waals surface area contributed by atoms with E-state index in [-0.39, 0.29) is 18.4 Å². The quantitative estimate of drug-likeness (QED) is 0.551. The highest BCUT2D eigenvalue weighted by Gasteiger charge is 2.22. The van der Waals surface area contributed by atoms with Gasteiger partial charge in [-0.25, -0.2) is 0 Å². The van der Waals surface area contributed by atoms with E-state index in [0.717, 1.165) is 0 Å². The third-order valence-corrected chi connectivity index (χ3v) is 1.85. The van der Waals surface area contributed by atoms with Crippen LogP contribution in [0.3, 0.4) is 0 Å². The van der Waals surface area contributed by atoms with Crippen molar-refractivity contribution >= 4 is 12.4 Å². The number of terminal acetylenes is 1. The van der Waals surface area contributed by atoms with Crippen molar-refractivity contribution in [2.75, 3.05) is 0 Å². The molecule has 0 radical (unpaired) electrons. The Balaban J connectivity index is 0.000000640. The van der Waals surface area contributed by atoms with Crippen LogP contribution in [0.5, 0.6) is 0 Å². The molecule has 1 saturated carbocycles. The third-order valence-electron chi connectivity index (χ3n) is 1.85. The van der Waals surface area contributed by atoms with E-state index in [9.17, 15) is 0 Å². The molecule has 1 atom stereocenters. The second kappa shape index (κ2) is 3.76. The summed E-state index contributed by atoms with van der Waals surface area (Å²) in [4.78, 5) is 0. The van der Waals surface area contributed by atoms with Gasteiger partial charge in [0.1, 0.15) is 0 Å². The highest BCUT2D eigenvalue weighted by Crippen LogP contribution is 2.27. The van der Waals surface area contributed by atoms with Crippen molar-refractivity contribution in [2.45, 2.75) is 25.3 Å². The van der Waals surface area contributed by atoms with Crippen LogP contribution < -0.4 is 5.73 Å². The number of halogens is 1. The summed E-state index contributed by atoms with van der Waals surface area (Å²) in [7, 11) is 0. The standard InChI is InChI=1S/C7H11N.ClH/c1-2-7(8)6-4-3-5-6;/h1,6-7H,3-5,8H2;1H. The van der Waals surface area contributed by atoms with Gasteiger partial charge in [-0.15, -0.1) is 18.8 Å². The van der Waals surface area contributed by atoms with E-state index in [1.807, 2.05) is 0 Å². The van der Waals surface area contributed by atoms with Gasteiger partial charge in [0.15, 0.2) is 0 Å². The molecule has 1 rings (SSSR count). The van der Waals surface area contributed by atoms with Crippen LogP contribution in [-0.2, 0) is 0 Å². The zero-order chi connectivity index (χ0) is 5.98. The molecule has 1 fully saturated rings. The van der Waals surface area contributed by atoms with E-state index in [4.69, 9.17) is 12.2 Å². The Kier molecular flexibility index (Phi) is 3.68. The van der Waals surface area contributed by atoms with Crippen molar-refractivity contribution in [2.24, 2.45) is 11.7 Å². The number of hydrogen-bond donors (Lipinski definition) is 1. The minimum atomic E-state index is 0. The molecule has 0 aromatic carbocycles. The maximum Gasteiger partial charge on any atom is 0.0690 e. The summed E-state index contributed by atoms with van der Waals surface area (Å²) in [6, 6.07) is 0.0312. The maximum absolute atomic E-state index is 5.54. The van der Waals surface area contributed by atoms with E-state index in [0.29, 0.717) is 5.92 Å². The third kappa shape index (κ3) is 1.89. The Morgan fingerprint density at radius 1 is 1.56 bits per heavy atom. The van der Waals surface area contributed by atoms with Gasteiger partial charge in [0.25, 0.3) is 0 Å². The lowest BCUT2D eigenvalue weighted by molar-refractivity contribution is 0.294. The van der Waals surface area contributed by atoms with Crippen LogP contribution in [0, 0.1) is 18.3 Å². The lowest BCUT2D eigenvalue weighted by Gasteiger charge is -2.27. The fraction of sp³-hybridized carbons (Fsp3) is 0.714. The zero-order valence-electron chi connectivity index (χ0n) is 5.34. The molecule has 1 unspecified atom stereocenters. The van der Waals surface area contributed by atoms with Crippen molar-refractivity contribution < 1.29 is 0 Å². The van der Waals surface area contributed by atoms with Gasteiger partial charge in [-0.1, -0.05) is 12.3 Å². The first-order chi connectivity index (χ1) is 3.84. The first kappa shape index (κ1) is 8.81. The lowest BCUT2D eigenvalue weighted by atomic mass is 9.80. The molecule has 0 spiro atoms. The van der Waals surface area contributed by atoms with Gasteiger partial charge in [0.05, 0.1) is 6.04 Å². The average molecular weight is 146 g/mol. The van der Waals surface area contributed by atoms with Crippen LogP contribution in [0.4, 0.5) is 0 Å². The van der Waals surface area contributed by atoms with Gasteiger partial charge in [0, 0.05) is 0 Å². The normalized spacial score (nSPS) is 20.9. The SMILES string of the molecule is C#CC(N)C1CCC1.Cl. The maximum atomic E-state index is 5.54. The highest BCUT2D eigenvalue weighted by molar-refractivity contribution is 5.85. The van der Waals surface area contributed by atoms with Crippen molar-refractivity contribution in [3.63, 3.8) is 0 Å². The van der Waals surface area contributed by atoms with Gasteiger partial charge in [0.2, 0.25) is 0 Å². The summed E-state index contributed by atoms with van der Waals surface area (Å²) in [5, 5.41) is 0. The predicted molar refractivity (Wildman–Crippen MR) is 41.4 cm³/mol. The molecule has 1 aliphatic rings. The molecule has 0 saturated heterocycles. The lowest BCUT2D eigenvalue weighted by Crippen LogP contribution is -2.32. The molecule has 0 heterocycles. The summed E-state index contributed by atoms with van der Waals surface area (Å²) in [5.74, 6) is 3.18. The van der Waals surface area contributed by atoms with Gasteiger partial charge < -0.3 is 5.73 Å². The Hall–Kier alpha value is -0.190. The Labute approximate surface area is 62.4 Å². The topological polar surface area (TPSA) is 26.0 Å². The van der Waals surface area contributed by atoms with Crippen molar-refractivity contribution in [1.29, 1.82) is 0 Å². The molecule has 0 aliphatic heterocycles. The first-order valence-electron chi connectivity index (χ1n) is 3.06. The van der Waals surface area contributed by atoms with Crippen LogP contribution in [-0.4, -0.2) is 6.04 Å². The molecule has 1 aliphatic carbocycles. The highest BCUT2D eigenvalue weighted by atomic mass is 35.5. The summed E-state index contributed by atoms with van der Waals surface area (Å²) in [6.45, 7) is 0. The molecule has 2 N–H and O–H groups in total. The average Bonchev–Trinajstić information content (AvgIpc) is 1.62. The number of hydrogen-bond acceptors (Lipinski definition) is 1. The fourth-order valence-electron chi connectivity index (χ4n) is 0.935. The van der Waals surface area contributed by atoms with E-state index in [1.165, 1.54) is 19.3 Å². The van der Waals surface area contributed by atoms with E-state index >= 15 is 0 Å². The van der Waals surface area contributed by atoms with Crippen molar-refractivity contribution in [3.8, 4) is 12.3 Å². The van der Waals surface area contributed by atoms with E-state index in [1.54, 1.807) is 0 Å². The minimum Gasteiger partial charge on any atom is -0.317 e. The number of rotatable bonds is 1. The van der Waals surface area contributed by atoms with E-state index in [2.05, 4.69) is 5.92 Å². The van der Waals surface area contributed by atoms with Gasteiger partial charge in [-0.05, 0) is 18.8 Å². The van der Waals surface area contributed by atoms with Crippen LogP contribution >= 0.6 is 12.4 Å². The molecule has 2 heteroatoms. The smallest absolute Gasteiger partial charge is 0.0690 e. The second-order valence-electron chi connectivity index (χ2n) is 2.38. The van der Waals surface area contributed by atoms with Gasteiger partial charge in [-0.3, -0.25) is 0 Å². The molecule has 1 nitrogen and oxygen atoms in total. The van der Waals surface area contributed by atoms with Gasteiger partial charge >= 0.3 is 0 Å². The van der Waals surface area contributed by atoms with Crippen molar-refractivity contribution in [3.05, 3.63) is 0 Å². The summed E-state index contributed by atoms with van der Waals surface area (Å²) in [6.07, 6.45) is 8.91. The number of nitrogens with two attached hydrogens (primary N) is 1. The van der Waals surface area contributed by atoms with E-state index < -0.39 is 0 Å². The molecular formula is C7H12ClN. The summed E-state index contributed by atoms with van der Waals surface area (Å²) >= 11 is 0. The molecule has 9 heavy (non-hydrogen) atoms. The molecule has 52 valence electrons. The Bertz CT molecular complexity index is 113. The minimum absolute atomic E-state index is 0. The van der Waals surface area contributed by atoms with Crippen LogP contribution in [0.15, 0.2) is 0 Å². The predicted octanol–water partition coefficient (Wildman–Crippen LogP) is 1.17. The molecule has 0 amide bonds. The Morgan fingerprint density at radius 3 is 2.22 bits per heavy atom. The zero-order valence-corrected chi connectivity index (χ0v) is 6.16. The first-order valence-corrected chi connectivity index (χ1v) is 3.06. The Morgan fingerprint density at radius 2 is 2.11 bits per heavy atom. The second-order valence-corrected chi connectivity index (χ2v) is 2.38. The van der Waals surface area contributed by atoms with Gasteiger partial charge in [-0.2, -0.15) is 0 Å². The molecule has 0 aromatic rings. The largest absolute Gasteiger partial charge is 0.317 e. The van der Waals surface area contributed by atoms with Crippen LogP contribution in [0.25, 0.3) is 0 Å². The van der Waals surface area contributed by atoms with Crippen molar-refractivity contribution in [1.82, 2.24) is 0 Å². The fourth-order valence-corrected chi connectivity index (χ4v) is 0.935. The summed E-state index contributed by atoms with van der Waals surface area (Å²) < 4.78 is 0. The van der Waals surface area contributed by atoms with Crippen LogP contribution in [0.1, 0.15) is 19.3 Å². The molecule has 0 bridgehead atoms. The van der Waals surface area contributed by atoms with Crippen LogP contribution in [0.2, 0.25) is 0 Å². The molecule has 0 aromatic heterocycles.